The fourth-order valence-corrected chi connectivity index (χ4v) is 1.54. The molecule has 0 fully saturated rings. The fraction of sp³-hybridized carbons (Fsp3) is 0.111. The molecular formula is C9H8ClN3O3. The maximum atomic E-state index is 11.4. The summed E-state index contributed by atoms with van der Waals surface area (Å²) in [5.74, 6) is 3.82. The molecule has 1 heterocycles. The van der Waals surface area contributed by atoms with E-state index in [9.17, 15) is 9.59 Å². The number of rotatable bonds is 2. The van der Waals surface area contributed by atoms with Crippen LogP contribution in [0.1, 0.15) is 0 Å². The number of benzene rings is 1. The van der Waals surface area contributed by atoms with Crippen molar-refractivity contribution in [2.24, 2.45) is 5.84 Å². The molecule has 84 valence electrons. The molecule has 0 bridgehead atoms. The third-order valence-corrected chi connectivity index (χ3v) is 2.33. The van der Waals surface area contributed by atoms with E-state index in [0.29, 0.717) is 16.1 Å². The molecule has 0 aliphatic rings. The number of fused-ring (bicyclic) bond motifs is 1. The standard InChI is InChI=1S/C9H8ClN3O3/c10-5-1-2-7-6(3-5)13(9(15)16-7)4-8(14)12-11/h1-3H,4,11H2,(H,12,14). The Balaban J connectivity index is 2.58. The largest absolute Gasteiger partial charge is 0.420 e. The minimum Gasteiger partial charge on any atom is -0.408 e. The van der Waals surface area contributed by atoms with Crippen molar-refractivity contribution >= 4 is 28.6 Å². The summed E-state index contributed by atoms with van der Waals surface area (Å²) in [5, 5.41) is 0.454. The number of hydrazine groups is 1. The van der Waals surface area contributed by atoms with Gasteiger partial charge >= 0.3 is 5.76 Å². The number of halogens is 1. The van der Waals surface area contributed by atoms with Crippen LogP contribution in [0.5, 0.6) is 0 Å². The van der Waals surface area contributed by atoms with Gasteiger partial charge in [-0.1, -0.05) is 11.6 Å². The number of nitrogens with zero attached hydrogens (tertiary/aromatic N) is 1. The van der Waals surface area contributed by atoms with Crippen molar-refractivity contribution in [3.05, 3.63) is 33.8 Å². The lowest BCUT2D eigenvalue weighted by atomic mass is 10.3. The Morgan fingerprint density at radius 1 is 1.56 bits per heavy atom. The Bertz CT molecular complexity index is 602. The highest BCUT2D eigenvalue weighted by molar-refractivity contribution is 6.31. The summed E-state index contributed by atoms with van der Waals surface area (Å²) in [6.07, 6.45) is 0. The van der Waals surface area contributed by atoms with E-state index in [1.165, 1.54) is 0 Å². The Morgan fingerprint density at radius 2 is 2.31 bits per heavy atom. The van der Waals surface area contributed by atoms with Gasteiger partial charge in [0.05, 0.1) is 5.52 Å². The van der Waals surface area contributed by atoms with Gasteiger partial charge in [-0.2, -0.15) is 0 Å². The molecule has 6 nitrogen and oxygen atoms in total. The number of hydrogen-bond donors (Lipinski definition) is 2. The molecule has 0 unspecified atom stereocenters. The van der Waals surface area contributed by atoms with E-state index in [1.807, 2.05) is 5.43 Å². The predicted octanol–water partition coefficient (Wildman–Crippen LogP) is 0.238. The Morgan fingerprint density at radius 3 is 3.00 bits per heavy atom. The summed E-state index contributed by atoms with van der Waals surface area (Å²) in [4.78, 5) is 22.5. The zero-order valence-electron chi connectivity index (χ0n) is 8.07. The quantitative estimate of drug-likeness (QED) is 0.448. The van der Waals surface area contributed by atoms with Crippen LogP contribution in [-0.4, -0.2) is 10.5 Å². The molecule has 0 saturated carbocycles. The molecule has 2 aromatic rings. The molecule has 0 radical (unpaired) electrons. The van der Waals surface area contributed by atoms with Crippen molar-refractivity contribution in [1.29, 1.82) is 0 Å². The lowest BCUT2D eigenvalue weighted by molar-refractivity contribution is -0.121. The maximum absolute atomic E-state index is 11.4. The van der Waals surface area contributed by atoms with Crippen LogP contribution in [0.15, 0.2) is 27.4 Å². The normalized spacial score (nSPS) is 10.6. The second-order valence-corrected chi connectivity index (χ2v) is 3.57. The fourth-order valence-electron chi connectivity index (χ4n) is 1.37. The van der Waals surface area contributed by atoms with Crippen LogP contribution in [-0.2, 0) is 11.3 Å². The van der Waals surface area contributed by atoms with E-state index in [0.717, 1.165) is 4.57 Å². The van der Waals surface area contributed by atoms with Crippen molar-refractivity contribution < 1.29 is 9.21 Å². The van der Waals surface area contributed by atoms with E-state index in [-0.39, 0.29) is 6.54 Å². The molecule has 16 heavy (non-hydrogen) atoms. The number of hydrogen-bond acceptors (Lipinski definition) is 4. The van der Waals surface area contributed by atoms with Crippen LogP contribution in [0.4, 0.5) is 0 Å². The highest BCUT2D eigenvalue weighted by Crippen LogP contribution is 2.18. The number of oxazole rings is 1. The summed E-state index contributed by atoms with van der Waals surface area (Å²) < 4.78 is 6.08. The molecule has 1 aromatic heterocycles. The first kappa shape index (κ1) is 10.7. The minimum atomic E-state index is -0.624. The number of aromatic nitrogens is 1. The number of amides is 1. The monoisotopic (exact) mass is 241 g/mol. The summed E-state index contributed by atoms with van der Waals surface area (Å²) in [7, 11) is 0. The molecule has 0 aliphatic heterocycles. The van der Waals surface area contributed by atoms with E-state index < -0.39 is 11.7 Å². The van der Waals surface area contributed by atoms with Gasteiger partial charge < -0.3 is 4.42 Å². The van der Waals surface area contributed by atoms with Crippen LogP contribution in [0.3, 0.4) is 0 Å². The van der Waals surface area contributed by atoms with Gasteiger partial charge in [0.25, 0.3) is 5.91 Å². The van der Waals surface area contributed by atoms with E-state index in [1.54, 1.807) is 18.2 Å². The average Bonchev–Trinajstić information content (AvgIpc) is 2.55. The van der Waals surface area contributed by atoms with Crippen molar-refractivity contribution in [2.45, 2.75) is 6.54 Å². The third kappa shape index (κ3) is 1.80. The minimum absolute atomic E-state index is 0.206. The summed E-state index contributed by atoms with van der Waals surface area (Å²) >= 11 is 5.79. The second-order valence-electron chi connectivity index (χ2n) is 3.13. The van der Waals surface area contributed by atoms with Gasteiger partial charge in [-0.05, 0) is 18.2 Å². The van der Waals surface area contributed by atoms with E-state index in [2.05, 4.69) is 0 Å². The van der Waals surface area contributed by atoms with Crippen LogP contribution >= 0.6 is 11.6 Å². The Kier molecular flexibility index (Phi) is 2.67. The van der Waals surface area contributed by atoms with Gasteiger partial charge in [-0.3, -0.25) is 14.8 Å². The highest BCUT2D eigenvalue weighted by atomic mass is 35.5. The first-order chi connectivity index (χ1) is 7.61. The van der Waals surface area contributed by atoms with Crippen molar-refractivity contribution in [3.8, 4) is 0 Å². The summed E-state index contributed by atoms with van der Waals surface area (Å²) in [6.45, 7) is -0.206. The molecule has 3 N–H and O–H groups in total. The van der Waals surface area contributed by atoms with Gasteiger partial charge in [-0.15, -0.1) is 0 Å². The Hall–Kier alpha value is -1.79. The number of carbonyl (C=O) groups is 1. The highest BCUT2D eigenvalue weighted by Gasteiger charge is 2.12. The van der Waals surface area contributed by atoms with Crippen LogP contribution < -0.4 is 17.0 Å². The lowest BCUT2D eigenvalue weighted by Crippen LogP contribution is -2.35. The molecule has 0 spiro atoms. The molecule has 0 saturated heterocycles. The Labute approximate surface area is 94.6 Å². The summed E-state index contributed by atoms with van der Waals surface area (Å²) in [6, 6.07) is 4.71. The van der Waals surface area contributed by atoms with E-state index in [4.69, 9.17) is 21.9 Å². The molecule has 7 heteroatoms. The van der Waals surface area contributed by atoms with Gasteiger partial charge in [0.1, 0.15) is 6.54 Å². The molecule has 0 aliphatic carbocycles. The molecule has 1 aromatic carbocycles. The molecule has 0 atom stereocenters. The SMILES string of the molecule is NNC(=O)Cn1c(=O)oc2ccc(Cl)cc21. The van der Waals surface area contributed by atoms with E-state index >= 15 is 0 Å². The second kappa shape index (κ2) is 3.99. The molecule has 2 rings (SSSR count). The third-order valence-electron chi connectivity index (χ3n) is 2.09. The number of carbonyl (C=O) groups excluding carboxylic acids is 1. The predicted molar refractivity (Wildman–Crippen MR) is 57.8 cm³/mol. The van der Waals surface area contributed by atoms with Gasteiger partial charge in [-0.25, -0.2) is 10.6 Å². The zero-order chi connectivity index (χ0) is 11.7. The molecular weight excluding hydrogens is 234 g/mol. The first-order valence-electron chi connectivity index (χ1n) is 4.40. The zero-order valence-corrected chi connectivity index (χ0v) is 8.82. The lowest BCUT2D eigenvalue weighted by Gasteiger charge is -2.00. The van der Waals surface area contributed by atoms with Crippen molar-refractivity contribution in [1.82, 2.24) is 9.99 Å². The first-order valence-corrected chi connectivity index (χ1v) is 4.78. The molecule has 1 amide bonds. The van der Waals surface area contributed by atoms with Crippen molar-refractivity contribution in [3.63, 3.8) is 0 Å². The van der Waals surface area contributed by atoms with Gasteiger partial charge in [0.15, 0.2) is 5.58 Å². The van der Waals surface area contributed by atoms with Gasteiger partial charge in [0.2, 0.25) is 0 Å². The number of nitrogens with one attached hydrogen (secondary N) is 1. The number of nitrogens with two attached hydrogens (primary N) is 1. The topological polar surface area (TPSA) is 90.3 Å². The average molecular weight is 242 g/mol. The van der Waals surface area contributed by atoms with Crippen LogP contribution in [0, 0.1) is 0 Å². The maximum Gasteiger partial charge on any atom is 0.420 e. The van der Waals surface area contributed by atoms with Crippen LogP contribution in [0.2, 0.25) is 5.02 Å². The summed E-state index contributed by atoms with van der Waals surface area (Å²) in [5.41, 5.74) is 2.77. The van der Waals surface area contributed by atoms with Gasteiger partial charge in [0, 0.05) is 5.02 Å². The smallest absolute Gasteiger partial charge is 0.408 e. The van der Waals surface area contributed by atoms with Crippen LogP contribution in [0.25, 0.3) is 11.1 Å². The van der Waals surface area contributed by atoms with Crippen molar-refractivity contribution in [2.75, 3.05) is 0 Å².